The van der Waals surface area contributed by atoms with Crippen LogP contribution >= 0.6 is 0 Å². The van der Waals surface area contributed by atoms with Crippen molar-refractivity contribution in [3.05, 3.63) is 187 Å². The second-order valence-electron chi connectivity index (χ2n) is 17.4. The van der Waals surface area contributed by atoms with Gasteiger partial charge in [0.25, 0.3) is 6.33 Å². The van der Waals surface area contributed by atoms with E-state index >= 15 is 0 Å². The van der Waals surface area contributed by atoms with Gasteiger partial charge in [-0.25, -0.2) is 4.98 Å². The molecule has 0 fully saturated rings. The van der Waals surface area contributed by atoms with Crippen molar-refractivity contribution in [3.63, 3.8) is 0 Å². The minimum absolute atomic E-state index is 0. The molecule has 11 rings (SSSR count). The van der Waals surface area contributed by atoms with Crippen molar-refractivity contribution < 1.29 is 57.8 Å². The number of para-hydroxylation sites is 2. The van der Waals surface area contributed by atoms with Gasteiger partial charge in [0.15, 0.2) is 0 Å². The maximum absolute atomic E-state index is 10.3. The summed E-state index contributed by atoms with van der Waals surface area (Å²) in [5.74, 6) is 1.06. The minimum atomic E-state index is -4.30. The fourth-order valence-corrected chi connectivity index (χ4v) is 8.93. The standard InChI is InChI=1S/C60H52N4O.Pt/c1-58(2,3)38-30-31-61-55(34-38)64-52-26-15-14-24-47(52)48-29-28-42(36-54(48)64)65-41-19-16-18-40(35-41)62-37-63-56-50(32-39(59(4,5)6)33-51(56)60(7,8)9)46-23-13-11-21-44(46)43-20-10-12-22-45(43)49-25-17-27-53(62)57(49)63;/h10-34H,1-9H3;/q-2;/i4D3,5D3,6D3,7D3,8D3,9D3,32D,33D;. The van der Waals surface area contributed by atoms with Gasteiger partial charge in [0.2, 0.25) is 0 Å². The average molecular weight is 1060 g/mol. The second-order valence-corrected chi connectivity index (χ2v) is 17.4. The molecule has 0 amide bonds. The van der Waals surface area contributed by atoms with Crippen molar-refractivity contribution in [2.24, 2.45) is 0 Å². The molecule has 0 saturated carbocycles. The van der Waals surface area contributed by atoms with Crippen LogP contribution in [0, 0.1) is 18.5 Å². The van der Waals surface area contributed by atoms with E-state index in [0.29, 0.717) is 28.0 Å². The number of aromatic nitrogens is 4. The number of hydrogen-bond acceptors (Lipinski definition) is 2. The molecule has 0 spiro atoms. The third-order valence-corrected chi connectivity index (χ3v) is 11.9. The third kappa shape index (κ3) is 7.20. The predicted molar refractivity (Wildman–Crippen MR) is 266 cm³/mol. The molecule has 0 radical (unpaired) electrons. The molecule has 3 aromatic heterocycles. The summed E-state index contributed by atoms with van der Waals surface area (Å²) in [6.07, 6.45) is 4.94. The first kappa shape index (κ1) is 26.0. The fourth-order valence-electron chi connectivity index (χ4n) is 8.93. The molecule has 0 N–H and O–H groups in total. The molecule has 5 nitrogen and oxygen atoms in total. The Morgan fingerprint density at radius 1 is 0.591 bits per heavy atom. The van der Waals surface area contributed by atoms with Gasteiger partial charge in [-0.3, -0.25) is 4.57 Å². The van der Waals surface area contributed by atoms with Crippen molar-refractivity contribution in [3.8, 4) is 62.1 Å². The van der Waals surface area contributed by atoms with Gasteiger partial charge in [-0.1, -0.05) is 164 Å². The Morgan fingerprint density at radius 3 is 1.95 bits per heavy atom. The summed E-state index contributed by atoms with van der Waals surface area (Å²) < 4.78 is 194. The van der Waals surface area contributed by atoms with E-state index < -0.39 is 86.4 Å². The molecule has 10 aromatic rings. The summed E-state index contributed by atoms with van der Waals surface area (Å²) in [5.41, 5.74) is -9.17. The normalized spacial score (nSPS) is 18.1. The van der Waals surface area contributed by atoms with Crippen LogP contribution in [-0.4, -0.2) is 14.1 Å². The van der Waals surface area contributed by atoms with E-state index in [2.05, 4.69) is 39.2 Å². The molecule has 330 valence electrons. The van der Waals surface area contributed by atoms with Crippen LogP contribution in [0.2, 0.25) is 0 Å². The van der Waals surface area contributed by atoms with Crippen molar-refractivity contribution in [2.75, 3.05) is 0 Å². The summed E-state index contributed by atoms with van der Waals surface area (Å²) in [5, 5.41) is 1.81. The van der Waals surface area contributed by atoms with Crippen LogP contribution in [0.15, 0.2) is 152 Å². The van der Waals surface area contributed by atoms with Crippen molar-refractivity contribution >= 4 is 32.8 Å². The van der Waals surface area contributed by atoms with Gasteiger partial charge >= 0.3 is 0 Å². The molecule has 0 saturated heterocycles. The van der Waals surface area contributed by atoms with Gasteiger partial charge in [0.05, 0.1) is 19.5 Å². The molecule has 66 heavy (non-hydrogen) atoms. The number of imidazole rings is 1. The molecule has 0 atom stereocenters. The van der Waals surface area contributed by atoms with Crippen LogP contribution in [-0.2, 0) is 37.3 Å². The molecule has 1 aliphatic heterocycles. The van der Waals surface area contributed by atoms with Crippen LogP contribution in [0.25, 0.3) is 83.4 Å². The van der Waals surface area contributed by atoms with E-state index in [1.54, 1.807) is 85.1 Å². The van der Waals surface area contributed by atoms with Gasteiger partial charge < -0.3 is 13.9 Å². The van der Waals surface area contributed by atoms with Crippen LogP contribution in [0.3, 0.4) is 0 Å². The number of hydrogen-bond donors (Lipinski definition) is 0. The number of fused-ring (bicyclic) bond motifs is 10. The Hall–Kier alpha value is -6.55. The number of benzene rings is 7. The van der Waals surface area contributed by atoms with Gasteiger partial charge in [-0.15, -0.1) is 29.7 Å². The second kappa shape index (κ2) is 15.8. The zero-order valence-electron chi connectivity index (χ0n) is 55.8. The van der Waals surface area contributed by atoms with E-state index in [1.165, 1.54) is 16.7 Å². The molecule has 4 heterocycles. The Balaban J connectivity index is 0.00000820. The summed E-state index contributed by atoms with van der Waals surface area (Å²) in [6, 6.07) is 42.0. The zero-order valence-corrected chi connectivity index (χ0v) is 38.1. The molecular weight excluding hydrogens is 988 g/mol. The van der Waals surface area contributed by atoms with Crippen LogP contribution in [0.1, 0.15) is 106 Å². The van der Waals surface area contributed by atoms with E-state index in [4.69, 9.17) is 34.4 Å². The monoisotopic (exact) mass is 1060 g/mol. The molecule has 0 unspecified atom stereocenters. The summed E-state index contributed by atoms with van der Waals surface area (Å²) in [7, 11) is 0. The Labute approximate surface area is 430 Å². The first-order valence-corrected chi connectivity index (χ1v) is 21.0. The van der Waals surface area contributed by atoms with Crippen molar-refractivity contribution in [2.45, 2.75) is 78.1 Å². The number of nitrogens with zero attached hydrogens (tertiary/aromatic N) is 4. The van der Waals surface area contributed by atoms with Crippen LogP contribution in [0.5, 0.6) is 11.5 Å². The average Bonchev–Trinajstić information content (AvgIpc) is 0.767. The molecule has 1 aliphatic rings. The minimum Gasteiger partial charge on any atom is -0.510 e. The van der Waals surface area contributed by atoms with Gasteiger partial charge in [-0.2, -0.15) is 18.2 Å². The number of ether oxygens (including phenoxy) is 1. The van der Waals surface area contributed by atoms with Gasteiger partial charge in [0.1, 0.15) is 5.82 Å². The Morgan fingerprint density at radius 2 is 1.23 bits per heavy atom. The largest absolute Gasteiger partial charge is 0.510 e. The smallest absolute Gasteiger partial charge is 0.268 e. The third-order valence-electron chi connectivity index (χ3n) is 11.9. The van der Waals surface area contributed by atoms with E-state index in [9.17, 15) is 2.74 Å². The molecule has 7 aromatic carbocycles. The predicted octanol–water partition coefficient (Wildman–Crippen LogP) is 14.8. The molecule has 0 bridgehead atoms. The fraction of sp³-hybridized carbons (Fsp3) is 0.200. The van der Waals surface area contributed by atoms with Crippen LogP contribution < -0.4 is 9.30 Å². The van der Waals surface area contributed by atoms with E-state index in [0.717, 1.165) is 26.4 Å². The Kier molecular flexibility index (Phi) is 6.22. The van der Waals surface area contributed by atoms with E-state index in [-0.39, 0.29) is 65.8 Å². The number of pyridine rings is 1. The van der Waals surface area contributed by atoms with Crippen LogP contribution in [0.4, 0.5) is 0 Å². The van der Waals surface area contributed by atoms with Crippen molar-refractivity contribution in [1.82, 2.24) is 14.1 Å². The summed E-state index contributed by atoms with van der Waals surface area (Å²) in [6.45, 7) is -19.1. The summed E-state index contributed by atoms with van der Waals surface area (Å²) >= 11 is 0. The first-order valence-electron chi connectivity index (χ1n) is 31.0. The topological polar surface area (TPSA) is 35.9 Å². The zero-order chi connectivity index (χ0) is 61.7. The van der Waals surface area contributed by atoms with Gasteiger partial charge in [0, 0.05) is 69.0 Å². The van der Waals surface area contributed by atoms with Gasteiger partial charge in [-0.05, 0) is 95.6 Å². The Bertz CT molecular complexity index is 4280. The maximum Gasteiger partial charge on any atom is 0.268 e. The molecule has 6 heteroatoms. The first-order chi connectivity index (χ1) is 39.5. The van der Waals surface area contributed by atoms with E-state index in [1.807, 2.05) is 47.0 Å². The SMILES string of the molecule is [2H]c1c2c(c(C(C([2H])([2H])[2H])(C([2H])([2H])[2H])C([2H])([2H])[2H])c([2H])c1C(C([2H])([2H])[2H])(C([2H])([2H])[2H])C([2H])([2H])[2H])-[n+]1[c-]n(-c3[c-]c(Oc4[c-]c5c(cc4)c4ccccc4n5-c4cc(C(C)(C)C)ccn4)ccc3)c3cccc(c31)-c1ccccc1-c1ccccc1-2.[Pt]. The summed E-state index contributed by atoms with van der Waals surface area (Å²) in [4.78, 5) is 4.78. The quantitative estimate of drug-likeness (QED) is 0.130. The number of rotatable bonds is 4. The van der Waals surface area contributed by atoms with Crippen molar-refractivity contribution in [1.29, 1.82) is 0 Å². The molecular formula is C60H52N4OPt-2. The maximum atomic E-state index is 10.3. The molecule has 0 aliphatic carbocycles.